The molecule has 0 N–H and O–H groups in total. The highest BCUT2D eigenvalue weighted by atomic mass is 16.5. The van der Waals surface area contributed by atoms with Gasteiger partial charge in [-0.3, -0.25) is 4.79 Å². The average Bonchev–Trinajstić information content (AvgIpc) is 2.92. The van der Waals surface area contributed by atoms with Crippen LogP contribution in [0, 0.1) is 23.7 Å². The highest BCUT2D eigenvalue weighted by Crippen LogP contribution is 2.53. The molecule has 0 radical (unpaired) electrons. The van der Waals surface area contributed by atoms with E-state index in [0.717, 1.165) is 25.0 Å². The van der Waals surface area contributed by atoms with Gasteiger partial charge in [-0.15, -0.1) is 0 Å². The van der Waals surface area contributed by atoms with Crippen molar-refractivity contribution < 1.29 is 14.3 Å². The zero-order chi connectivity index (χ0) is 9.42. The second-order valence-corrected chi connectivity index (χ2v) is 4.16. The van der Waals surface area contributed by atoms with Gasteiger partial charge in [0.05, 0.1) is 13.0 Å². The van der Waals surface area contributed by atoms with Crippen LogP contribution in [-0.4, -0.2) is 19.4 Å². The third kappa shape index (κ3) is 1.47. The Morgan fingerprint density at radius 1 is 1.31 bits per heavy atom. The van der Waals surface area contributed by atoms with Crippen molar-refractivity contribution >= 4 is 12.3 Å². The largest absolute Gasteiger partial charge is 0.469 e. The van der Waals surface area contributed by atoms with Crippen LogP contribution in [0.1, 0.15) is 19.3 Å². The Morgan fingerprint density at radius 3 is 2.62 bits per heavy atom. The summed E-state index contributed by atoms with van der Waals surface area (Å²) in [7, 11) is 1.39. The number of carbonyl (C=O) groups is 2. The SMILES string of the molecule is COC(=O)[C@@H]1C[C@H]2C[C@H]2C[C@H]1C=O. The molecular weight excluding hydrogens is 168 g/mol. The van der Waals surface area contributed by atoms with E-state index in [1.165, 1.54) is 13.5 Å². The molecule has 2 fully saturated rings. The van der Waals surface area contributed by atoms with Gasteiger partial charge in [-0.05, 0) is 31.1 Å². The van der Waals surface area contributed by atoms with E-state index in [4.69, 9.17) is 4.74 Å². The first kappa shape index (κ1) is 8.73. The number of aldehydes is 1. The second kappa shape index (κ2) is 3.13. The lowest BCUT2D eigenvalue weighted by Crippen LogP contribution is -2.30. The van der Waals surface area contributed by atoms with Gasteiger partial charge in [-0.25, -0.2) is 0 Å². The molecule has 2 aliphatic carbocycles. The zero-order valence-electron chi connectivity index (χ0n) is 7.73. The maximum Gasteiger partial charge on any atom is 0.309 e. The van der Waals surface area contributed by atoms with Crippen LogP contribution in [0.15, 0.2) is 0 Å². The van der Waals surface area contributed by atoms with Gasteiger partial charge in [-0.1, -0.05) is 0 Å². The molecule has 3 heteroatoms. The van der Waals surface area contributed by atoms with E-state index in [1.54, 1.807) is 0 Å². The number of rotatable bonds is 2. The van der Waals surface area contributed by atoms with Gasteiger partial charge < -0.3 is 9.53 Å². The molecule has 2 aliphatic rings. The minimum atomic E-state index is -0.206. The Bertz CT molecular complexity index is 236. The number of ether oxygens (including phenoxy) is 1. The number of esters is 1. The maximum atomic E-state index is 11.3. The van der Waals surface area contributed by atoms with Gasteiger partial charge in [-0.2, -0.15) is 0 Å². The lowest BCUT2D eigenvalue weighted by atomic mass is 9.80. The van der Waals surface area contributed by atoms with Crippen molar-refractivity contribution in [3.8, 4) is 0 Å². The van der Waals surface area contributed by atoms with Crippen LogP contribution < -0.4 is 0 Å². The fraction of sp³-hybridized carbons (Fsp3) is 0.800. The molecule has 0 unspecified atom stereocenters. The van der Waals surface area contributed by atoms with Gasteiger partial charge in [0.25, 0.3) is 0 Å². The first-order valence-corrected chi connectivity index (χ1v) is 4.79. The lowest BCUT2D eigenvalue weighted by molar-refractivity contribution is -0.150. The maximum absolute atomic E-state index is 11.3. The quantitative estimate of drug-likeness (QED) is 0.473. The highest BCUT2D eigenvalue weighted by molar-refractivity contribution is 5.77. The van der Waals surface area contributed by atoms with Crippen molar-refractivity contribution in [2.24, 2.45) is 23.7 Å². The third-order valence-corrected chi connectivity index (χ3v) is 3.40. The molecule has 0 amide bonds. The fourth-order valence-electron chi connectivity index (χ4n) is 2.48. The molecular formula is C10H14O3. The Balaban J connectivity index is 2.05. The molecule has 13 heavy (non-hydrogen) atoms. The minimum Gasteiger partial charge on any atom is -0.469 e. The smallest absolute Gasteiger partial charge is 0.309 e. The van der Waals surface area contributed by atoms with E-state index >= 15 is 0 Å². The molecule has 0 aromatic carbocycles. The van der Waals surface area contributed by atoms with Gasteiger partial charge in [0, 0.05) is 5.92 Å². The molecule has 0 aromatic rings. The normalized spacial score (nSPS) is 41.9. The third-order valence-electron chi connectivity index (χ3n) is 3.40. The molecule has 3 nitrogen and oxygen atoms in total. The summed E-state index contributed by atoms with van der Waals surface area (Å²) in [6, 6.07) is 0. The number of carbonyl (C=O) groups excluding carboxylic acids is 2. The van der Waals surface area contributed by atoms with Gasteiger partial charge >= 0.3 is 5.97 Å². The molecule has 0 aromatic heterocycles. The Labute approximate surface area is 77.4 Å². The summed E-state index contributed by atoms with van der Waals surface area (Å²) in [5, 5.41) is 0. The summed E-state index contributed by atoms with van der Waals surface area (Å²) >= 11 is 0. The summed E-state index contributed by atoms with van der Waals surface area (Å²) < 4.78 is 4.69. The van der Waals surface area contributed by atoms with Crippen LogP contribution in [-0.2, 0) is 14.3 Å². The second-order valence-electron chi connectivity index (χ2n) is 4.16. The van der Waals surface area contributed by atoms with Gasteiger partial charge in [0.15, 0.2) is 0 Å². The van der Waals surface area contributed by atoms with Crippen LogP contribution in [0.25, 0.3) is 0 Å². The predicted octanol–water partition coefficient (Wildman–Crippen LogP) is 1.02. The van der Waals surface area contributed by atoms with Crippen molar-refractivity contribution in [3.05, 3.63) is 0 Å². The number of hydrogen-bond donors (Lipinski definition) is 0. The van der Waals surface area contributed by atoms with Crippen molar-refractivity contribution in [1.82, 2.24) is 0 Å². The van der Waals surface area contributed by atoms with Crippen LogP contribution in [0.5, 0.6) is 0 Å². The van der Waals surface area contributed by atoms with E-state index in [2.05, 4.69) is 0 Å². The minimum absolute atomic E-state index is 0.0869. The topological polar surface area (TPSA) is 43.4 Å². The standard InChI is InChI=1S/C10H14O3/c1-13-10(12)9-4-7-2-6(7)3-8(9)5-11/h5-9H,2-4H2,1H3/t6-,7+,8-,9+/m0/s1. The summed E-state index contributed by atoms with van der Waals surface area (Å²) in [5.74, 6) is 0.960. The fourth-order valence-corrected chi connectivity index (χ4v) is 2.48. The first-order valence-electron chi connectivity index (χ1n) is 4.79. The van der Waals surface area contributed by atoms with Crippen molar-refractivity contribution in [1.29, 1.82) is 0 Å². The number of methoxy groups -OCH3 is 1. The van der Waals surface area contributed by atoms with E-state index in [0.29, 0.717) is 5.92 Å². The molecule has 0 saturated heterocycles. The lowest BCUT2D eigenvalue weighted by Gasteiger charge is -2.24. The van der Waals surface area contributed by atoms with Crippen molar-refractivity contribution in [2.45, 2.75) is 19.3 Å². The van der Waals surface area contributed by atoms with E-state index in [9.17, 15) is 9.59 Å². The number of hydrogen-bond acceptors (Lipinski definition) is 3. The molecule has 2 rings (SSSR count). The van der Waals surface area contributed by atoms with Crippen LogP contribution in [0.3, 0.4) is 0 Å². The molecule has 0 heterocycles. The monoisotopic (exact) mass is 182 g/mol. The van der Waals surface area contributed by atoms with Crippen LogP contribution in [0.2, 0.25) is 0 Å². The molecule has 0 bridgehead atoms. The van der Waals surface area contributed by atoms with Crippen molar-refractivity contribution in [2.75, 3.05) is 7.11 Å². The highest BCUT2D eigenvalue weighted by Gasteiger charge is 2.48. The van der Waals surface area contributed by atoms with E-state index in [-0.39, 0.29) is 17.8 Å². The molecule has 0 spiro atoms. The first-order chi connectivity index (χ1) is 6.26. The Kier molecular flexibility index (Phi) is 2.10. The molecule has 4 atom stereocenters. The molecule has 2 saturated carbocycles. The Morgan fingerprint density at radius 2 is 2.00 bits per heavy atom. The van der Waals surface area contributed by atoms with Crippen LogP contribution >= 0.6 is 0 Å². The Hall–Kier alpha value is -0.860. The predicted molar refractivity (Wildman–Crippen MR) is 45.9 cm³/mol. The van der Waals surface area contributed by atoms with E-state index in [1.807, 2.05) is 0 Å². The van der Waals surface area contributed by atoms with Crippen LogP contribution in [0.4, 0.5) is 0 Å². The van der Waals surface area contributed by atoms with E-state index < -0.39 is 0 Å². The summed E-state index contributed by atoms with van der Waals surface area (Å²) in [4.78, 5) is 22.1. The van der Waals surface area contributed by atoms with Gasteiger partial charge in [0.2, 0.25) is 0 Å². The summed E-state index contributed by atoms with van der Waals surface area (Å²) in [5.41, 5.74) is 0. The average molecular weight is 182 g/mol. The molecule has 72 valence electrons. The van der Waals surface area contributed by atoms with Crippen molar-refractivity contribution in [3.63, 3.8) is 0 Å². The zero-order valence-corrected chi connectivity index (χ0v) is 7.73. The number of fused-ring (bicyclic) bond motifs is 1. The summed E-state index contributed by atoms with van der Waals surface area (Å²) in [6.07, 6.45) is 3.89. The van der Waals surface area contributed by atoms with Gasteiger partial charge in [0.1, 0.15) is 6.29 Å². The summed E-state index contributed by atoms with van der Waals surface area (Å²) in [6.45, 7) is 0. The molecule has 0 aliphatic heterocycles.